The molecule has 8 heteroatoms. The molecular weight excluding hydrogens is 588 g/mol. The van der Waals surface area contributed by atoms with Crippen molar-refractivity contribution in [2.45, 2.75) is 53.1 Å². The summed E-state index contributed by atoms with van der Waals surface area (Å²) in [6, 6.07) is 17.8. The van der Waals surface area contributed by atoms with Crippen LogP contribution >= 0.6 is 27.5 Å². The molecule has 2 N–H and O–H groups in total. The number of nitrogens with two attached hydrogens (primary N) is 1. The molecule has 1 aliphatic heterocycles. The molecule has 0 radical (unpaired) electrons. The summed E-state index contributed by atoms with van der Waals surface area (Å²) in [5.74, 6) is 0.410. The third kappa shape index (κ3) is 5.02. The molecule has 0 amide bonds. The number of benzene rings is 2. The number of aromatic nitrogens is 1. The van der Waals surface area contributed by atoms with E-state index in [4.69, 9.17) is 22.1 Å². The van der Waals surface area contributed by atoms with Crippen LogP contribution in [-0.2, 0) is 11.4 Å². The minimum Gasteiger partial charge on any atom is -0.488 e. The summed E-state index contributed by atoms with van der Waals surface area (Å²) in [5, 5.41) is 10.7. The first-order chi connectivity index (χ1) is 19.0. The van der Waals surface area contributed by atoms with Crippen LogP contribution in [0.1, 0.15) is 54.9 Å². The molecule has 2 aromatic carbocycles. The monoisotopic (exact) mass is 616 g/mol. The molecule has 40 heavy (non-hydrogen) atoms. The van der Waals surface area contributed by atoms with E-state index in [0.717, 1.165) is 38.2 Å². The summed E-state index contributed by atoms with van der Waals surface area (Å²) in [7, 11) is 0. The van der Waals surface area contributed by atoms with Gasteiger partial charge < -0.3 is 10.5 Å². The Morgan fingerprint density at radius 1 is 1.20 bits per heavy atom. The van der Waals surface area contributed by atoms with E-state index in [1.54, 1.807) is 17.2 Å². The van der Waals surface area contributed by atoms with Crippen molar-refractivity contribution in [1.29, 1.82) is 5.26 Å². The van der Waals surface area contributed by atoms with E-state index in [1.807, 2.05) is 44.2 Å². The number of pyridine rings is 1. The van der Waals surface area contributed by atoms with Gasteiger partial charge in [0.25, 0.3) is 0 Å². The van der Waals surface area contributed by atoms with Gasteiger partial charge >= 0.3 is 0 Å². The molecule has 0 saturated carbocycles. The SMILES string of the molecule is Cc1cc(COc2ccccc2Br)c(C)c(C2C(C#N)=C(N)N(c3cccnc3Cl)C3=C2C(=O)CC(C)(C)C3)c1. The van der Waals surface area contributed by atoms with Gasteiger partial charge in [-0.1, -0.05) is 55.3 Å². The van der Waals surface area contributed by atoms with Crippen LogP contribution in [0.4, 0.5) is 5.69 Å². The van der Waals surface area contributed by atoms with Crippen LogP contribution in [-0.4, -0.2) is 10.8 Å². The maximum Gasteiger partial charge on any atom is 0.162 e. The summed E-state index contributed by atoms with van der Waals surface area (Å²) in [6.07, 6.45) is 2.57. The molecule has 2 aliphatic rings. The van der Waals surface area contributed by atoms with Crippen LogP contribution in [0, 0.1) is 30.6 Å². The number of ketones is 1. The number of nitrogens with zero attached hydrogens (tertiary/aromatic N) is 3. The highest BCUT2D eigenvalue weighted by molar-refractivity contribution is 9.10. The standard InChI is InChI=1S/C32H30BrClN4O2/c1-18-12-20(17-40-27-10-6-5-8-23(27)33)19(2)21(13-18)28-22(16-35)31(36)38(24-9-7-11-37-30(24)34)25-14-32(3,4)15-26(39)29(25)28/h5-13,28H,14-15,17,36H2,1-4H3. The van der Waals surface area contributed by atoms with Gasteiger partial charge in [0, 0.05) is 23.9 Å². The van der Waals surface area contributed by atoms with Crippen molar-refractivity contribution in [1.82, 2.24) is 4.98 Å². The number of hydrogen-bond donors (Lipinski definition) is 1. The van der Waals surface area contributed by atoms with Crippen LogP contribution in [0.25, 0.3) is 0 Å². The summed E-state index contributed by atoms with van der Waals surface area (Å²) in [4.78, 5) is 20.0. The Balaban J connectivity index is 1.69. The van der Waals surface area contributed by atoms with Crippen LogP contribution in [0.2, 0.25) is 5.15 Å². The maximum absolute atomic E-state index is 14.0. The number of halogens is 2. The number of ether oxygens (including phenoxy) is 1. The Hall–Kier alpha value is -3.60. The molecule has 5 rings (SSSR count). The van der Waals surface area contributed by atoms with Gasteiger partial charge in [-0.3, -0.25) is 9.69 Å². The summed E-state index contributed by atoms with van der Waals surface area (Å²) >= 11 is 10.1. The van der Waals surface area contributed by atoms with Gasteiger partial charge in [0.15, 0.2) is 10.9 Å². The fourth-order valence-corrected chi connectivity index (χ4v) is 6.37. The molecule has 1 aliphatic carbocycles. The van der Waals surface area contributed by atoms with Crippen molar-refractivity contribution in [2.75, 3.05) is 4.90 Å². The predicted molar refractivity (Wildman–Crippen MR) is 161 cm³/mol. The van der Waals surface area contributed by atoms with E-state index in [1.165, 1.54) is 0 Å². The smallest absolute Gasteiger partial charge is 0.162 e. The highest BCUT2D eigenvalue weighted by Crippen LogP contribution is 2.51. The van der Waals surface area contributed by atoms with E-state index < -0.39 is 5.92 Å². The molecule has 0 saturated heterocycles. The number of carbonyl (C=O) groups excluding carboxylic acids is 1. The maximum atomic E-state index is 14.0. The normalized spacial score (nSPS) is 18.5. The first-order valence-corrected chi connectivity index (χ1v) is 14.2. The van der Waals surface area contributed by atoms with Gasteiger partial charge in [0.2, 0.25) is 0 Å². The zero-order chi connectivity index (χ0) is 28.8. The Morgan fingerprint density at radius 3 is 2.65 bits per heavy atom. The molecule has 2 heterocycles. The van der Waals surface area contributed by atoms with Gasteiger partial charge in [0.1, 0.15) is 18.2 Å². The Morgan fingerprint density at radius 2 is 1.95 bits per heavy atom. The van der Waals surface area contributed by atoms with E-state index in [-0.39, 0.29) is 22.2 Å². The molecule has 1 atom stereocenters. The van der Waals surface area contributed by atoms with Crippen molar-refractivity contribution in [3.05, 3.63) is 109 Å². The number of allylic oxidation sites excluding steroid dienone is 3. The molecule has 6 nitrogen and oxygen atoms in total. The Kier molecular flexibility index (Phi) is 7.52. The van der Waals surface area contributed by atoms with Crippen molar-refractivity contribution in [3.63, 3.8) is 0 Å². The molecule has 1 unspecified atom stereocenters. The summed E-state index contributed by atoms with van der Waals surface area (Å²) in [5.41, 5.74) is 12.6. The molecule has 3 aromatic rings. The van der Waals surface area contributed by atoms with Gasteiger partial charge in [-0.15, -0.1) is 0 Å². The van der Waals surface area contributed by atoms with E-state index >= 15 is 0 Å². The molecule has 204 valence electrons. The largest absolute Gasteiger partial charge is 0.488 e. The minimum atomic E-state index is -0.600. The number of carbonyl (C=O) groups is 1. The van der Waals surface area contributed by atoms with Gasteiger partial charge in [-0.05, 0) is 82.6 Å². The van der Waals surface area contributed by atoms with Crippen LogP contribution in [0.5, 0.6) is 5.75 Å². The lowest BCUT2D eigenvalue weighted by molar-refractivity contribution is -0.118. The average molecular weight is 618 g/mol. The molecule has 0 bridgehead atoms. The summed E-state index contributed by atoms with van der Waals surface area (Å²) < 4.78 is 7.03. The Bertz CT molecular complexity index is 1640. The Labute approximate surface area is 248 Å². The van der Waals surface area contributed by atoms with Gasteiger partial charge in [-0.25, -0.2) is 4.98 Å². The number of anilines is 1. The summed E-state index contributed by atoms with van der Waals surface area (Å²) in [6.45, 7) is 8.50. The number of rotatable bonds is 5. The third-order valence-electron chi connectivity index (χ3n) is 7.59. The van der Waals surface area contributed by atoms with Gasteiger partial charge in [-0.2, -0.15) is 5.26 Å². The number of Topliss-reactive ketones (excluding diaryl/α,β-unsaturated/α-hetero) is 1. The quantitative estimate of drug-likeness (QED) is 0.296. The number of hydrogen-bond acceptors (Lipinski definition) is 6. The topological polar surface area (TPSA) is 92.2 Å². The minimum absolute atomic E-state index is 0.00781. The third-order valence-corrected chi connectivity index (χ3v) is 8.54. The fourth-order valence-electron chi connectivity index (χ4n) is 5.77. The second-order valence-corrected chi connectivity index (χ2v) is 12.4. The highest BCUT2D eigenvalue weighted by Gasteiger charge is 2.45. The van der Waals surface area contributed by atoms with Crippen molar-refractivity contribution >= 4 is 39.0 Å². The lowest BCUT2D eigenvalue weighted by atomic mass is 9.68. The second-order valence-electron chi connectivity index (χ2n) is 11.2. The van der Waals surface area contributed by atoms with E-state index in [0.29, 0.717) is 36.3 Å². The first-order valence-electron chi connectivity index (χ1n) is 13.1. The highest BCUT2D eigenvalue weighted by atomic mass is 79.9. The molecule has 0 fully saturated rings. The van der Waals surface area contributed by atoms with E-state index in [9.17, 15) is 10.1 Å². The number of nitriles is 1. The average Bonchev–Trinajstić information content (AvgIpc) is 2.89. The van der Waals surface area contributed by atoms with Crippen LogP contribution in [0.3, 0.4) is 0 Å². The van der Waals surface area contributed by atoms with Crippen molar-refractivity contribution in [2.24, 2.45) is 11.1 Å². The lowest BCUT2D eigenvalue weighted by Gasteiger charge is -2.44. The molecule has 1 aromatic heterocycles. The van der Waals surface area contributed by atoms with Crippen LogP contribution < -0.4 is 15.4 Å². The molecular formula is C32H30BrClN4O2. The number of para-hydroxylation sites is 1. The van der Waals surface area contributed by atoms with Gasteiger partial charge in [0.05, 0.1) is 27.7 Å². The van der Waals surface area contributed by atoms with Crippen molar-refractivity contribution in [3.8, 4) is 11.8 Å². The molecule has 0 spiro atoms. The first kappa shape index (κ1) is 27.9. The second kappa shape index (κ2) is 10.8. The van der Waals surface area contributed by atoms with Crippen molar-refractivity contribution < 1.29 is 9.53 Å². The zero-order valence-corrected chi connectivity index (χ0v) is 25.2. The zero-order valence-electron chi connectivity index (χ0n) is 22.9. The van der Waals surface area contributed by atoms with Crippen LogP contribution in [0.15, 0.2) is 81.9 Å². The predicted octanol–water partition coefficient (Wildman–Crippen LogP) is 7.63. The number of aryl methyl sites for hydroxylation is 1. The fraction of sp³-hybridized carbons (Fsp3) is 0.281. The van der Waals surface area contributed by atoms with E-state index in [2.05, 4.69) is 53.0 Å². The lowest BCUT2D eigenvalue weighted by Crippen LogP contribution is -2.42.